The summed E-state index contributed by atoms with van der Waals surface area (Å²) in [7, 11) is 0. The molecule has 0 aliphatic rings. The number of halogens is 1. The maximum Gasteiger partial charge on any atom is 0.255 e. The lowest BCUT2D eigenvalue weighted by Crippen LogP contribution is -2.26. The average Bonchev–Trinajstić information content (AvgIpc) is 2.55. The van der Waals surface area contributed by atoms with Crippen LogP contribution in [0.15, 0.2) is 47.1 Å². The van der Waals surface area contributed by atoms with Crippen LogP contribution >= 0.6 is 15.9 Å². The Morgan fingerprint density at radius 1 is 1.17 bits per heavy atom. The molecule has 122 valence electrons. The number of rotatable bonds is 7. The monoisotopic (exact) mass is 375 g/mol. The minimum Gasteiger partial charge on any atom is -0.357 e. The largest absolute Gasteiger partial charge is 0.357 e. The van der Waals surface area contributed by atoms with Crippen LogP contribution in [0, 0.1) is 0 Å². The summed E-state index contributed by atoms with van der Waals surface area (Å²) in [5.41, 5.74) is 1.38. The Balaban J connectivity index is 2.16. The van der Waals surface area contributed by atoms with Crippen LogP contribution in [0.4, 0.5) is 11.5 Å². The van der Waals surface area contributed by atoms with E-state index in [4.69, 9.17) is 0 Å². The van der Waals surface area contributed by atoms with E-state index in [0.717, 1.165) is 41.9 Å². The van der Waals surface area contributed by atoms with Gasteiger partial charge in [0, 0.05) is 35.0 Å². The van der Waals surface area contributed by atoms with E-state index in [-0.39, 0.29) is 5.91 Å². The van der Waals surface area contributed by atoms with Crippen LogP contribution in [0.1, 0.15) is 37.0 Å². The van der Waals surface area contributed by atoms with Crippen LogP contribution in [0.5, 0.6) is 0 Å². The summed E-state index contributed by atoms with van der Waals surface area (Å²) in [6.45, 7) is 6.17. The third kappa shape index (κ3) is 5.06. The molecule has 0 bridgehead atoms. The molecule has 1 aromatic carbocycles. The summed E-state index contributed by atoms with van der Waals surface area (Å²) in [5.74, 6) is 0.732. The zero-order valence-corrected chi connectivity index (χ0v) is 15.1. The highest BCUT2D eigenvalue weighted by molar-refractivity contribution is 9.10. The molecule has 0 radical (unpaired) electrons. The van der Waals surface area contributed by atoms with Crippen LogP contribution in [0.2, 0.25) is 0 Å². The molecule has 2 aromatic rings. The Morgan fingerprint density at radius 2 is 1.91 bits per heavy atom. The lowest BCUT2D eigenvalue weighted by atomic mass is 10.2. The first-order chi connectivity index (χ1) is 11.1. The number of hydrogen-bond donors (Lipinski definition) is 1. The van der Waals surface area contributed by atoms with E-state index in [1.54, 1.807) is 12.3 Å². The van der Waals surface area contributed by atoms with Crippen molar-refractivity contribution >= 4 is 33.3 Å². The van der Waals surface area contributed by atoms with E-state index in [9.17, 15) is 4.79 Å². The van der Waals surface area contributed by atoms with Crippen LogP contribution < -0.4 is 10.2 Å². The Bertz CT molecular complexity index is 654. The molecule has 2 rings (SSSR count). The Labute approximate surface area is 146 Å². The Kier molecular flexibility index (Phi) is 6.59. The Hall–Kier alpha value is -1.88. The molecular formula is C18H22BrN3O. The highest BCUT2D eigenvalue weighted by atomic mass is 79.9. The highest BCUT2D eigenvalue weighted by Gasteiger charge is 2.11. The summed E-state index contributed by atoms with van der Waals surface area (Å²) in [5, 5.41) is 2.91. The van der Waals surface area contributed by atoms with E-state index in [2.05, 4.69) is 45.0 Å². The fourth-order valence-corrected chi connectivity index (χ4v) is 2.78. The van der Waals surface area contributed by atoms with Gasteiger partial charge in [-0.1, -0.05) is 35.8 Å². The van der Waals surface area contributed by atoms with Gasteiger partial charge in [0.15, 0.2) is 0 Å². The van der Waals surface area contributed by atoms with Gasteiger partial charge in [-0.3, -0.25) is 4.79 Å². The molecule has 0 saturated heterocycles. The number of anilines is 2. The molecular weight excluding hydrogens is 354 g/mol. The van der Waals surface area contributed by atoms with E-state index in [0.29, 0.717) is 5.56 Å². The summed E-state index contributed by atoms with van der Waals surface area (Å²) >= 11 is 3.41. The number of nitrogens with one attached hydrogen (secondary N) is 1. The molecule has 0 saturated carbocycles. The predicted molar refractivity (Wildman–Crippen MR) is 99.1 cm³/mol. The van der Waals surface area contributed by atoms with Gasteiger partial charge >= 0.3 is 0 Å². The Morgan fingerprint density at radius 3 is 2.57 bits per heavy atom. The molecule has 1 N–H and O–H groups in total. The van der Waals surface area contributed by atoms with Gasteiger partial charge in [-0.25, -0.2) is 4.98 Å². The number of carbonyl (C=O) groups excluding carboxylic acids is 1. The van der Waals surface area contributed by atoms with Crippen molar-refractivity contribution in [3.05, 3.63) is 52.6 Å². The van der Waals surface area contributed by atoms with Gasteiger partial charge in [0.1, 0.15) is 5.82 Å². The molecule has 1 heterocycles. The SMILES string of the molecule is CCCN(CCC)c1cc(C(=O)Nc2cccc(Br)c2)ccn1. The first-order valence-corrected chi connectivity index (χ1v) is 8.71. The summed E-state index contributed by atoms with van der Waals surface area (Å²) < 4.78 is 0.933. The molecule has 0 aliphatic heterocycles. The molecule has 1 aromatic heterocycles. The lowest BCUT2D eigenvalue weighted by Gasteiger charge is -2.22. The summed E-state index contributed by atoms with van der Waals surface area (Å²) in [4.78, 5) is 19.1. The van der Waals surface area contributed by atoms with Crippen molar-refractivity contribution in [2.75, 3.05) is 23.3 Å². The fraction of sp³-hybridized carbons (Fsp3) is 0.333. The lowest BCUT2D eigenvalue weighted by molar-refractivity contribution is 0.102. The minimum absolute atomic E-state index is 0.125. The second-order valence-corrected chi connectivity index (χ2v) is 6.27. The molecule has 5 heteroatoms. The number of amides is 1. The standard InChI is InChI=1S/C18H22BrN3O/c1-3-10-22(11-4-2)17-12-14(8-9-20-17)18(23)21-16-7-5-6-15(19)13-16/h5-9,12-13H,3-4,10-11H2,1-2H3,(H,21,23). The van der Waals surface area contributed by atoms with Gasteiger partial charge in [-0.15, -0.1) is 0 Å². The number of benzene rings is 1. The molecule has 0 spiro atoms. The van der Waals surface area contributed by atoms with Gasteiger partial charge in [-0.05, 0) is 43.2 Å². The molecule has 0 fully saturated rings. The fourth-order valence-electron chi connectivity index (χ4n) is 2.38. The highest BCUT2D eigenvalue weighted by Crippen LogP contribution is 2.18. The summed E-state index contributed by atoms with van der Waals surface area (Å²) in [6, 6.07) is 11.2. The smallest absolute Gasteiger partial charge is 0.255 e. The maximum absolute atomic E-state index is 12.4. The van der Waals surface area contributed by atoms with Crippen LogP contribution in [-0.2, 0) is 0 Å². The van der Waals surface area contributed by atoms with E-state index in [1.807, 2.05) is 30.3 Å². The molecule has 1 amide bonds. The zero-order chi connectivity index (χ0) is 16.7. The van der Waals surface area contributed by atoms with Gasteiger partial charge in [0.05, 0.1) is 0 Å². The number of hydrogen-bond acceptors (Lipinski definition) is 3. The van der Waals surface area contributed by atoms with E-state index < -0.39 is 0 Å². The number of carbonyl (C=O) groups is 1. The van der Waals surface area contributed by atoms with Gasteiger partial charge in [-0.2, -0.15) is 0 Å². The first-order valence-electron chi connectivity index (χ1n) is 7.92. The zero-order valence-electron chi connectivity index (χ0n) is 13.6. The van der Waals surface area contributed by atoms with Crippen molar-refractivity contribution in [1.82, 2.24) is 4.98 Å². The number of pyridine rings is 1. The summed E-state index contributed by atoms with van der Waals surface area (Å²) in [6.07, 6.45) is 3.80. The quantitative estimate of drug-likeness (QED) is 0.760. The topological polar surface area (TPSA) is 45.2 Å². The minimum atomic E-state index is -0.125. The van der Waals surface area contributed by atoms with Crippen molar-refractivity contribution in [3.63, 3.8) is 0 Å². The molecule has 0 unspecified atom stereocenters. The maximum atomic E-state index is 12.4. The van der Waals surface area contributed by atoms with Crippen LogP contribution in [-0.4, -0.2) is 24.0 Å². The first kappa shape index (κ1) is 17.5. The van der Waals surface area contributed by atoms with Crippen molar-refractivity contribution in [3.8, 4) is 0 Å². The molecule has 23 heavy (non-hydrogen) atoms. The molecule has 0 aliphatic carbocycles. The number of nitrogens with zero attached hydrogens (tertiary/aromatic N) is 2. The average molecular weight is 376 g/mol. The second-order valence-electron chi connectivity index (χ2n) is 5.35. The molecule has 4 nitrogen and oxygen atoms in total. The van der Waals surface area contributed by atoms with Gasteiger partial charge < -0.3 is 10.2 Å². The normalized spacial score (nSPS) is 10.4. The van der Waals surface area contributed by atoms with Crippen LogP contribution in [0.25, 0.3) is 0 Å². The van der Waals surface area contributed by atoms with Gasteiger partial charge in [0.2, 0.25) is 0 Å². The van der Waals surface area contributed by atoms with Crippen molar-refractivity contribution in [2.24, 2.45) is 0 Å². The number of aromatic nitrogens is 1. The van der Waals surface area contributed by atoms with Crippen molar-refractivity contribution in [1.29, 1.82) is 0 Å². The van der Waals surface area contributed by atoms with Crippen LogP contribution in [0.3, 0.4) is 0 Å². The van der Waals surface area contributed by atoms with Crippen molar-refractivity contribution in [2.45, 2.75) is 26.7 Å². The third-order valence-corrected chi connectivity index (χ3v) is 3.89. The van der Waals surface area contributed by atoms with E-state index in [1.165, 1.54) is 0 Å². The third-order valence-electron chi connectivity index (χ3n) is 3.40. The predicted octanol–water partition coefficient (Wildman–Crippen LogP) is 4.72. The van der Waals surface area contributed by atoms with Gasteiger partial charge in [0.25, 0.3) is 5.91 Å². The van der Waals surface area contributed by atoms with Crippen molar-refractivity contribution < 1.29 is 4.79 Å². The molecule has 0 atom stereocenters. The second kappa shape index (κ2) is 8.67. The van der Waals surface area contributed by atoms with E-state index >= 15 is 0 Å².